The summed E-state index contributed by atoms with van der Waals surface area (Å²) in [6, 6.07) is 5.15. The van der Waals surface area contributed by atoms with Crippen molar-refractivity contribution >= 4 is 21.6 Å². The summed E-state index contributed by atoms with van der Waals surface area (Å²) in [6.45, 7) is 3.69. The molecule has 1 amide bonds. The summed E-state index contributed by atoms with van der Waals surface area (Å²) < 4.78 is 27.2. The molecule has 0 aromatic heterocycles. The van der Waals surface area contributed by atoms with Crippen LogP contribution in [0.15, 0.2) is 23.1 Å². The Hall–Kier alpha value is -1.44. The van der Waals surface area contributed by atoms with Gasteiger partial charge in [-0.2, -0.15) is 4.31 Å². The first-order valence-corrected chi connectivity index (χ1v) is 9.45. The molecule has 1 saturated heterocycles. The van der Waals surface area contributed by atoms with Gasteiger partial charge < -0.3 is 10.2 Å². The topological polar surface area (TPSA) is 69.7 Å². The zero-order valence-electron chi connectivity index (χ0n) is 13.6. The van der Waals surface area contributed by atoms with Crippen LogP contribution in [0.4, 0.5) is 5.69 Å². The van der Waals surface area contributed by atoms with Gasteiger partial charge in [0.1, 0.15) is 0 Å². The number of nitrogens with zero attached hydrogens (tertiary/aromatic N) is 2. The molecule has 2 aliphatic heterocycles. The summed E-state index contributed by atoms with van der Waals surface area (Å²) >= 11 is 0. The number of sulfonamides is 1. The lowest BCUT2D eigenvalue weighted by Crippen LogP contribution is -2.38. The molecule has 1 aromatic rings. The molecule has 0 radical (unpaired) electrons. The second kappa shape index (κ2) is 6.22. The molecule has 6 nitrogen and oxygen atoms in total. The lowest BCUT2D eigenvalue weighted by Gasteiger charge is -2.30. The van der Waals surface area contributed by atoms with E-state index in [9.17, 15) is 13.2 Å². The Labute approximate surface area is 137 Å². The van der Waals surface area contributed by atoms with Gasteiger partial charge in [0, 0.05) is 38.8 Å². The molecular weight excluding hydrogens is 314 g/mol. The molecule has 2 aliphatic rings. The van der Waals surface area contributed by atoms with Gasteiger partial charge in [-0.1, -0.05) is 6.07 Å². The van der Waals surface area contributed by atoms with Crippen LogP contribution in [0.2, 0.25) is 0 Å². The molecule has 3 rings (SSSR count). The number of benzene rings is 1. The maximum atomic E-state index is 12.9. The van der Waals surface area contributed by atoms with Crippen LogP contribution in [0.25, 0.3) is 0 Å². The highest BCUT2D eigenvalue weighted by Gasteiger charge is 2.31. The summed E-state index contributed by atoms with van der Waals surface area (Å²) in [5.74, 6) is -0.0474. The molecule has 1 unspecified atom stereocenters. The standard InChI is InChI=1S/C16H23N3O3S/c1-12(20)19-9-3-4-13-5-6-15(10-16(13)19)23(21,22)18(2)14-7-8-17-11-14/h5-6,10,14,17H,3-4,7-9,11H2,1-2H3. The Morgan fingerprint density at radius 1 is 1.39 bits per heavy atom. The predicted octanol–water partition coefficient (Wildman–Crippen LogP) is 0.968. The molecule has 1 fully saturated rings. The van der Waals surface area contributed by atoms with Crippen LogP contribution in [0.3, 0.4) is 0 Å². The van der Waals surface area contributed by atoms with Crippen LogP contribution in [0, 0.1) is 0 Å². The molecule has 0 spiro atoms. The van der Waals surface area contributed by atoms with Crippen molar-refractivity contribution in [2.75, 3.05) is 31.6 Å². The van der Waals surface area contributed by atoms with E-state index in [4.69, 9.17) is 0 Å². The van der Waals surface area contributed by atoms with Crippen molar-refractivity contribution in [3.05, 3.63) is 23.8 Å². The highest BCUT2D eigenvalue weighted by Crippen LogP contribution is 2.31. The van der Waals surface area contributed by atoms with E-state index >= 15 is 0 Å². The predicted molar refractivity (Wildman–Crippen MR) is 89.0 cm³/mol. The average Bonchev–Trinajstić information content (AvgIpc) is 3.07. The maximum absolute atomic E-state index is 12.9. The van der Waals surface area contributed by atoms with E-state index in [2.05, 4.69) is 5.32 Å². The largest absolute Gasteiger partial charge is 0.315 e. The summed E-state index contributed by atoms with van der Waals surface area (Å²) in [6.07, 6.45) is 2.61. The number of nitrogens with one attached hydrogen (secondary N) is 1. The first kappa shape index (κ1) is 16.4. The van der Waals surface area contributed by atoms with Crippen LogP contribution >= 0.6 is 0 Å². The van der Waals surface area contributed by atoms with Crippen molar-refractivity contribution in [1.82, 2.24) is 9.62 Å². The molecule has 0 bridgehead atoms. The lowest BCUT2D eigenvalue weighted by atomic mass is 10.0. The first-order chi connectivity index (χ1) is 10.9. The van der Waals surface area contributed by atoms with Gasteiger partial charge in [0.2, 0.25) is 15.9 Å². The van der Waals surface area contributed by atoms with Gasteiger partial charge in [-0.3, -0.25) is 4.79 Å². The van der Waals surface area contributed by atoms with Crippen molar-refractivity contribution in [3.8, 4) is 0 Å². The van der Waals surface area contributed by atoms with Crippen molar-refractivity contribution in [1.29, 1.82) is 0 Å². The Bertz CT molecular complexity index is 711. The summed E-state index contributed by atoms with van der Waals surface area (Å²) in [5.41, 5.74) is 1.78. The van der Waals surface area contributed by atoms with E-state index in [1.165, 1.54) is 11.2 Å². The molecule has 7 heteroatoms. The van der Waals surface area contributed by atoms with E-state index < -0.39 is 10.0 Å². The monoisotopic (exact) mass is 337 g/mol. The zero-order chi connectivity index (χ0) is 16.6. The Morgan fingerprint density at radius 2 is 2.17 bits per heavy atom. The van der Waals surface area contributed by atoms with Crippen LogP contribution in [0.5, 0.6) is 0 Å². The highest BCUT2D eigenvalue weighted by molar-refractivity contribution is 7.89. The first-order valence-electron chi connectivity index (χ1n) is 8.01. The number of hydrogen-bond acceptors (Lipinski definition) is 4. The van der Waals surface area contributed by atoms with Crippen LogP contribution in [-0.4, -0.2) is 51.4 Å². The van der Waals surface area contributed by atoms with E-state index in [0.29, 0.717) is 13.1 Å². The van der Waals surface area contributed by atoms with Gasteiger partial charge in [0.15, 0.2) is 0 Å². The number of likely N-dealkylation sites (N-methyl/N-ethyl adjacent to an activating group) is 1. The second-order valence-electron chi connectivity index (χ2n) is 6.23. The summed E-state index contributed by atoms with van der Waals surface area (Å²) in [7, 11) is -1.92. The normalized spacial score (nSPS) is 21.5. The molecule has 1 aromatic carbocycles. The maximum Gasteiger partial charge on any atom is 0.243 e. The fourth-order valence-corrected chi connectivity index (χ4v) is 4.76. The van der Waals surface area contributed by atoms with Gasteiger partial charge >= 0.3 is 0 Å². The van der Waals surface area contributed by atoms with Crippen molar-refractivity contribution in [3.63, 3.8) is 0 Å². The Kier molecular flexibility index (Phi) is 4.44. The third-order valence-corrected chi connectivity index (χ3v) is 6.69. The number of carbonyl (C=O) groups excluding carboxylic acids is 1. The van der Waals surface area contributed by atoms with E-state index in [1.807, 2.05) is 6.07 Å². The molecule has 0 aliphatic carbocycles. The third-order valence-electron chi connectivity index (χ3n) is 4.78. The quantitative estimate of drug-likeness (QED) is 0.892. The SMILES string of the molecule is CC(=O)N1CCCc2ccc(S(=O)(=O)N(C)C3CCNC3)cc21. The van der Waals surface area contributed by atoms with Crippen LogP contribution in [0.1, 0.15) is 25.3 Å². The molecule has 2 heterocycles. The molecule has 126 valence electrons. The number of amides is 1. The van der Waals surface area contributed by atoms with Gasteiger partial charge in [0.25, 0.3) is 0 Å². The van der Waals surface area contributed by atoms with Gasteiger partial charge in [0.05, 0.1) is 4.90 Å². The highest BCUT2D eigenvalue weighted by atomic mass is 32.2. The molecule has 23 heavy (non-hydrogen) atoms. The van der Waals surface area contributed by atoms with E-state index in [-0.39, 0.29) is 16.8 Å². The van der Waals surface area contributed by atoms with Gasteiger partial charge in [-0.05, 0) is 43.5 Å². The minimum Gasteiger partial charge on any atom is -0.315 e. The molecular formula is C16H23N3O3S. The van der Waals surface area contributed by atoms with Crippen LogP contribution < -0.4 is 10.2 Å². The third kappa shape index (κ3) is 3.00. The van der Waals surface area contributed by atoms with Crippen molar-refractivity contribution < 1.29 is 13.2 Å². The molecule has 1 atom stereocenters. The Morgan fingerprint density at radius 3 is 2.83 bits per heavy atom. The number of hydrogen-bond donors (Lipinski definition) is 1. The van der Waals surface area contributed by atoms with Gasteiger partial charge in [-0.25, -0.2) is 8.42 Å². The summed E-state index contributed by atoms with van der Waals surface area (Å²) in [4.78, 5) is 13.8. The van der Waals surface area contributed by atoms with Crippen molar-refractivity contribution in [2.45, 2.75) is 37.1 Å². The number of rotatable bonds is 3. The number of fused-ring (bicyclic) bond motifs is 1. The average molecular weight is 337 g/mol. The van der Waals surface area contributed by atoms with E-state index in [1.54, 1.807) is 24.1 Å². The van der Waals surface area contributed by atoms with Crippen molar-refractivity contribution in [2.24, 2.45) is 0 Å². The fourth-order valence-electron chi connectivity index (χ4n) is 3.35. The fraction of sp³-hybridized carbons (Fsp3) is 0.562. The minimum absolute atomic E-state index is 0.0139. The number of carbonyl (C=O) groups is 1. The second-order valence-corrected chi connectivity index (χ2v) is 8.23. The lowest BCUT2D eigenvalue weighted by molar-refractivity contribution is -0.116. The summed E-state index contributed by atoms with van der Waals surface area (Å²) in [5, 5.41) is 3.19. The van der Waals surface area contributed by atoms with Gasteiger partial charge in [-0.15, -0.1) is 0 Å². The Balaban J connectivity index is 1.97. The molecule has 0 saturated carbocycles. The number of anilines is 1. The smallest absolute Gasteiger partial charge is 0.243 e. The molecule has 1 N–H and O–H groups in total. The number of aryl methyl sites for hydroxylation is 1. The minimum atomic E-state index is -3.55. The van der Waals surface area contributed by atoms with Crippen LogP contribution in [-0.2, 0) is 21.2 Å². The zero-order valence-corrected chi connectivity index (χ0v) is 14.4. The van der Waals surface area contributed by atoms with E-state index in [0.717, 1.165) is 37.1 Å².